The van der Waals surface area contributed by atoms with E-state index in [-0.39, 0.29) is 25.7 Å². The molecular formula is C82H160O17P2. The highest BCUT2D eigenvalue weighted by Gasteiger charge is 2.30. The van der Waals surface area contributed by atoms with Gasteiger partial charge < -0.3 is 33.8 Å². The van der Waals surface area contributed by atoms with Crippen LogP contribution in [0.3, 0.4) is 0 Å². The Balaban J connectivity index is 5.22. The van der Waals surface area contributed by atoms with Crippen molar-refractivity contribution in [2.24, 2.45) is 17.8 Å². The number of ether oxygens (including phenoxy) is 4. The maximum atomic E-state index is 13.1. The van der Waals surface area contributed by atoms with Crippen LogP contribution < -0.4 is 0 Å². The zero-order valence-electron chi connectivity index (χ0n) is 66.4. The monoisotopic (exact) mass is 1480 g/mol. The second-order valence-corrected chi connectivity index (χ2v) is 33.6. The van der Waals surface area contributed by atoms with Gasteiger partial charge in [0.05, 0.1) is 26.4 Å². The zero-order chi connectivity index (χ0) is 74.4. The topological polar surface area (TPSA) is 237 Å². The van der Waals surface area contributed by atoms with Crippen molar-refractivity contribution < 1.29 is 80.2 Å². The minimum atomic E-state index is -4.96. The van der Waals surface area contributed by atoms with E-state index in [0.717, 1.165) is 108 Å². The van der Waals surface area contributed by atoms with Gasteiger partial charge in [-0.25, -0.2) is 9.13 Å². The summed E-state index contributed by atoms with van der Waals surface area (Å²) in [6.45, 7) is 11.9. The Labute approximate surface area is 619 Å². The number of phosphoric ester groups is 2. The van der Waals surface area contributed by atoms with Crippen LogP contribution in [0.4, 0.5) is 0 Å². The molecule has 0 fully saturated rings. The Bertz CT molecular complexity index is 1960. The smallest absolute Gasteiger partial charge is 0.462 e. The van der Waals surface area contributed by atoms with Gasteiger partial charge in [0.15, 0.2) is 12.2 Å². The SMILES string of the molecule is CCCCCCCCCCCCCCCCCCCCCCCCC(=O)O[C@H](COC(=O)CCCCCCCCCCCCCCC(C)C)COP(=O)(O)OC[C@@H](O)COP(=O)(O)OC[C@@H](COC(=O)CCCCCCCCCC(C)C)OC(=O)CCCCCCCCCCCCC(C)CC. The molecule has 600 valence electrons. The summed E-state index contributed by atoms with van der Waals surface area (Å²) >= 11 is 0. The Morgan fingerprint density at radius 2 is 0.505 bits per heavy atom. The number of unbranched alkanes of at least 4 members (excludes halogenated alkanes) is 47. The predicted molar refractivity (Wildman–Crippen MR) is 414 cm³/mol. The van der Waals surface area contributed by atoms with Gasteiger partial charge in [-0.05, 0) is 43.4 Å². The van der Waals surface area contributed by atoms with E-state index in [0.29, 0.717) is 31.6 Å². The predicted octanol–water partition coefficient (Wildman–Crippen LogP) is 24.5. The van der Waals surface area contributed by atoms with Gasteiger partial charge in [0.1, 0.15) is 19.3 Å². The lowest BCUT2D eigenvalue weighted by Gasteiger charge is -2.21. The fourth-order valence-electron chi connectivity index (χ4n) is 12.6. The largest absolute Gasteiger partial charge is 0.472 e. The summed E-state index contributed by atoms with van der Waals surface area (Å²) in [4.78, 5) is 73.0. The van der Waals surface area contributed by atoms with Gasteiger partial charge in [-0.2, -0.15) is 0 Å². The van der Waals surface area contributed by atoms with Crippen LogP contribution in [0, 0.1) is 17.8 Å². The van der Waals surface area contributed by atoms with Gasteiger partial charge in [0.2, 0.25) is 0 Å². The molecule has 0 aromatic carbocycles. The van der Waals surface area contributed by atoms with Crippen LogP contribution in [0.25, 0.3) is 0 Å². The summed E-state index contributed by atoms with van der Waals surface area (Å²) in [5, 5.41) is 10.6. The Morgan fingerprint density at radius 3 is 0.752 bits per heavy atom. The minimum Gasteiger partial charge on any atom is -0.462 e. The van der Waals surface area contributed by atoms with Crippen molar-refractivity contribution in [3.63, 3.8) is 0 Å². The molecule has 0 radical (unpaired) electrons. The number of phosphoric acid groups is 2. The second-order valence-electron chi connectivity index (χ2n) is 30.7. The minimum absolute atomic E-state index is 0.105. The Morgan fingerprint density at radius 1 is 0.287 bits per heavy atom. The molecule has 3 unspecified atom stereocenters. The van der Waals surface area contributed by atoms with Crippen molar-refractivity contribution in [1.29, 1.82) is 0 Å². The third kappa shape index (κ3) is 74.7. The third-order valence-corrected chi connectivity index (χ3v) is 21.4. The molecule has 6 atom stereocenters. The van der Waals surface area contributed by atoms with Gasteiger partial charge in [-0.1, -0.05) is 376 Å². The molecule has 0 amide bonds. The molecule has 0 aliphatic carbocycles. The fraction of sp³-hybridized carbons (Fsp3) is 0.951. The molecular weight excluding hydrogens is 1320 g/mol. The number of rotatable bonds is 80. The van der Waals surface area contributed by atoms with Crippen LogP contribution in [-0.2, 0) is 65.4 Å². The molecule has 0 saturated heterocycles. The number of aliphatic hydroxyl groups is 1. The summed E-state index contributed by atoms with van der Waals surface area (Å²) in [6.07, 6.45) is 61.2. The number of carbonyl (C=O) groups excluding carboxylic acids is 4. The van der Waals surface area contributed by atoms with Crippen molar-refractivity contribution >= 4 is 39.5 Å². The first-order chi connectivity index (χ1) is 48.8. The average molecular weight is 1480 g/mol. The number of hydrogen-bond donors (Lipinski definition) is 3. The molecule has 0 rings (SSSR count). The van der Waals surface area contributed by atoms with Crippen LogP contribution >= 0.6 is 15.6 Å². The van der Waals surface area contributed by atoms with E-state index in [1.807, 2.05) is 0 Å². The Kier molecular flexibility index (Phi) is 70.9. The number of carbonyl (C=O) groups is 4. The van der Waals surface area contributed by atoms with Crippen LogP contribution in [-0.4, -0.2) is 96.7 Å². The van der Waals surface area contributed by atoms with Crippen LogP contribution in [0.1, 0.15) is 427 Å². The maximum absolute atomic E-state index is 13.1. The van der Waals surface area contributed by atoms with Gasteiger partial charge in [0, 0.05) is 25.7 Å². The molecule has 3 N–H and O–H groups in total. The highest BCUT2D eigenvalue weighted by atomic mass is 31.2. The molecule has 101 heavy (non-hydrogen) atoms. The van der Waals surface area contributed by atoms with E-state index in [2.05, 4.69) is 48.5 Å². The van der Waals surface area contributed by atoms with Gasteiger partial charge in [-0.15, -0.1) is 0 Å². The van der Waals surface area contributed by atoms with E-state index < -0.39 is 97.5 Å². The molecule has 0 aliphatic heterocycles. The van der Waals surface area contributed by atoms with Crippen molar-refractivity contribution in [2.75, 3.05) is 39.6 Å². The van der Waals surface area contributed by atoms with E-state index in [1.54, 1.807) is 0 Å². The van der Waals surface area contributed by atoms with Crippen LogP contribution in [0.2, 0.25) is 0 Å². The van der Waals surface area contributed by atoms with Crippen LogP contribution in [0.5, 0.6) is 0 Å². The summed E-state index contributed by atoms with van der Waals surface area (Å²) in [6, 6.07) is 0. The standard InChI is InChI=1S/C82H160O17P2/c1-8-10-11-12-13-14-15-16-17-18-19-20-21-22-23-24-25-30-36-43-51-58-65-81(86)98-77(69-92-79(84)63-56-49-42-35-29-27-26-28-33-39-46-53-60-73(3)4)71-96-100(88,89)94-67-76(83)68-95-101(90,91)97-72-78(70-93-80(85)64-57-50-45-38-40-47-54-61-74(5)6)99-82(87)66-59-52-44-37-32-31-34-41-48-55-62-75(7)9-2/h73-78,83H,8-72H2,1-7H3,(H,88,89)(H,90,91)/t75?,76-,77-,78-/m1/s1. The number of esters is 4. The number of hydrogen-bond acceptors (Lipinski definition) is 15. The summed E-state index contributed by atoms with van der Waals surface area (Å²) < 4.78 is 68.7. The van der Waals surface area contributed by atoms with E-state index >= 15 is 0 Å². The van der Waals surface area contributed by atoms with Gasteiger partial charge in [0.25, 0.3) is 0 Å². The molecule has 0 heterocycles. The first-order valence-corrected chi connectivity index (χ1v) is 45.4. The third-order valence-electron chi connectivity index (χ3n) is 19.5. The van der Waals surface area contributed by atoms with E-state index in [1.165, 1.54) is 231 Å². The molecule has 0 saturated carbocycles. The number of aliphatic hydroxyl groups excluding tert-OH is 1. The normalized spacial score (nSPS) is 14.2. The molecule has 0 bridgehead atoms. The maximum Gasteiger partial charge on any atom is 0.472 e. The van der Waals surface area contributed by atoms with E-state index in [4.69, 9.17) is 37.0 Å². The molecule has 0 aromatic heterocycles. The lowest BCUT2D eigenvalue weighted by Crippen LogP contribution is -2.30. The highest BCUT2D eigenvalue weighted by Crippen LogP contribution is 2.45. The molecule has 19 heteroatoms. The molecule has 0 aliphatic rings. The summed E-state index contributed by atoms with van der Waals surface area (Å²) in [7, 11) is -9.92. The van der Waals surface area contributed by atoms with Crippen LogP contribution in [0.15, 0.2) is 0 Å². The first kappa shape index (κ1) is 99.1. The summed E-state index contributed by atoms with van der Waals surface area (Å²) in [5.41, 5.74) is 0. The molecule has 0 aromatic rings. The van der Waals surface area contributed by atoms with Crippen molar-refractivity contribution in [3.05, 3.63) is 0 Å². The van der Waals surface area contributed by atoms with Gasteiger partial charge in [-0.3, -0.25) is 37.3 Å². The first-order valence-electron chi connectivity index (χ1n) is 42.4. The zero-order valence-corrected chi connectivity index (χ0v) is 68.2. The van der Waals surface area contributed by atoms with Crippen molar-refractivity contribution in [1.82, 2.24) is 0 Å². The lowest BCUT2D eigenvalue weighted by molar-refractivity contribution is -0.161. The van der Waals surface area contributed by atoms with E-state index in [9.17, 15) is 43.2 Å². The molecule has 17 nitrogen and oxygen atoms in total. The highest BCUT2D eigenvalue weighted by molar-refractivity contribution is 7.47. The lowest BCUT2D eigenvalue weighted by atomic mass is 9.99. The molecule has 0 spiro atoms. The summed E-state index contributed by atoms with van der Waals surface area (Å²) in [5.74, 6) is 0.177. The average Bonchev–Trinajstić information content (AvgIpc) is 0.936. The van der Waals surface area contributed by atoms with Gasteiger partial charge >= 0.3 is 39.5 Å². The van der Waals surface area contributed by atoms with Crippen molar-refractivity contribution in [3.8, 4) is 0 Å². The quantitative estimate of drug-likeness (QED) is 0.0222. The van der Waals surface area contributed by atoms with Crippen molar-refractivity contribution in [2.45, 2.75) is 446 Å². The second kappa shape index (κ2) is 72.3. The Hall–Kier alpha value is -1.94. The fourth-order valence-corrected chi connectivity index (χ4v) is 14.2.